The molecule has 1 aromatic heterocycles. The molecule has 3 rings (SSSR count). The summed E-state index contributed by atoms with van der Waals surface area (Å²) in [6.45, 7) is 0. The fourth-order valence-corrected chi connectivity index (χ4v) is 3.06. The van der Waals surface area contributed by atoms with E-state index in [4.69, 9.17) is 17.3 Å². The molecule has 0 saturated carbocycles. The third-order valence-corrected chi connectivity index (χ3v) is 4.27. The zero-order valence-electron chi connectivity index (χ0n) is 10.1. The molecule has 1 amide bonds. The first-order valence-corrected chi connectivity index (χ1v) is 7.64. The van der Waals surface area contributed by atoms with Gasteiger partial charge in [0.05, 0.1) is 0 Å². The summed E-state index contributed by atoms with van der Waals surface area (Å²) >= 11 is 5.71. The van der Waals surface area contributed by atoms with Crippen LogP contribution in [0.4, 0.5) is 11.4 Å². The average Bonchev–Trinajstić information content (AvgIpc) is 2.91. The number of nitrogens with zero attached hydrogens (tertiary/aromatic N) is 2. The summed E-state index contributed by atoms with van der Waals surface area (Å²) in [5.74, 6) is -0.253. The van der Waals surface area contributed by atoms with Crippen molar-refractivity contribution >= 4 is 54.9 Å². The van der Waals surface area contributed by atoms with Gasteiger partial charge in [0.15, 0.2) is 0 Å². The number of aromatic nitrogens is 2. The Bertz CT molecular complexity index is 802. The van der Waals surface area contributed by atoms with Crippen LogP contribution in [0.3, 0.4) is 0 Å². The number of nitrogens with one attached hydrogen (secondary N) is 1. The Morgan fingerprint density at radius 1 is 1.25 bits per heavy atom. The molecule has 0 radical (unpaired) electrons. The van der Waals surface area contributed by atoms with E-state index in [9.17, 15) is 4.79 Å². The number of nitrogen functional groups attached to an aromatic ring is 1. The molecule has 0 saturated heterocycles. The molecule has 3 N–H and O–H groups in total. The number of nitrogens with two attached hydrogens (primary N) is 1. The Balaban J connectivity index is 1.92. The Labute approximate surface area is 126 Å². The number of anilines is 2. The second-order valence-electron chi connectivity index (χ2n) is 4.13. The van der Waals surface area contributed by atoms with Crippen molar-refractivity contribution < 1.29 is 4.79 Å². The van der Waals surface area contributed by atoms with Crippen LogP contribution in [0.5, 0.6) is 0 Å². The molecule has 0 atom stereocenters. The summed E-state index contributed by atoms with van der Waals surface area (Å²) in [5, 5.41) is 3.25. The van der Waals surface area contributed by atoms with Gasteiger partial charge in [0.2, 0.25) is 0 Å². The molecule has 2 aromatic carbocycles. The van der Waals surface area contributed by atoms with Crippen molar-refractivity contribution in [2.75, 3.05) is 11.1 Å². The molecule has 5 nitrogen and oxygen atoms in total. The van der Waals surface area contributed by atoms with E-state index in [1.54, 1.807) is 24.3 Å². The van der Waals surface area contributed by atoms with Gasteiger partial charge in [-0.05, 0) is 0 Å². The van der Waals surface area contributed by atoms with Gasteiger partial charge in [-0.25, -0.2) is 0 Å². The van der Waals surface area contributed by atoms with Gasteiger partial charge in [-0.3, -0.25) is 0 Å². The van der Waals surface area contributed by atoms with Crippen LogP contribution < -0.4 is 11.1 Å². The van der Waals surface area contributed by atoms with E-state index in [1.807, 2.05) is 12.1 Å². The number of carbonyl (C=O) groups is 1. The van der Waals surface area contributed by atoms with Gasteiger partial charge >= 0.3 is 126 Å². The number of hydrogen-bond acceptors (Lipinski definition) is 4. The standard InChI is InChI=1S/C13H9ClN4OSe/c14-8-5-4-7(6-9(8)15)13(19)16-10-2-1-3-11-12(10)18-20-17-11/h1-6H,15H2,(H,16,19). The zero-order valence-corrected chi connectivity index (χ0v) is 12.6. The normalized spacial score (nSPS) is 10.7. The molecule has 0 spiro atoms. The van der Waals surface area contributed by atoms with Crippen molar-refractivity contribution in [1.82, 2.24) is 7.96 Å². The molecule has 0 aliphatic carbocycles. The van der Waals surface area contributed by atoms with Gasteiger partial charge in [-0.1, -0.05) is 0 Å². The van der Waals surface area contributed by atoms with Crippen molar-refractivity contribution in [2.45, 2.75) is 0 Å². The van der Waals surface area contributed by atoms with E-state index in [1.165, 1.54) is 0 Å². The van der Waals surface area contributed by atoms with Gasteiger partial charge in [-0.15, -0.1) is 0 Å². The topological polar surface area (TPSA) is 80.9 Å². The minimum absolute atomic E-state index is 0.131. The summed E-state index contributed by atoms with van der Waals surface area (Å²) in [4.78, 5) is 12.2. The van der Waals surface area contributed by atoms with E-state index in [0.29, 0.717) is 22.0 Å². The van der Waals surface area contributed by atoms with Crippen LogP contribution in [-0.4, -0.2) is 28.8 Å². The summed E-state index contributed by atoms with van der Waals surface area (Å²) in [5.41, 5.74) is 8.74. The third-order valence-electron chi connectivity index (χ3n) is 2.79. The van der Waals surface area contributed by atoms with Crippen LogP contribution in [0, 0.1) is 0 Å². The van der Waals surface area contributed by atoms with E-state index in [-0.39, 0.29) is 20.9 Å². The second-order valence-corrected chi connectivity index (χ2v) is 5.64. The summed E-state index contributed by atoms with van der Waals surface area (Å²) < 4.78 is 8.59. The summed E-state index contributed by atoms with van der Waals surface area (Å²) in [6, 6.07) is 10.3. The van der Waals surface area contributed by atoms with Gasteiger partial charge < -0.3 is 0 Å². The minimum atomic E-state index is -0.253. The maximum atomic E-state index is 12.2. The third kappa shape index (κ3) is 2.41. The predicted molar refractivity (Wildman–Crippen MR) is 80.3 cm³/mol. The molecule has 0 unspecified atom stereocenters. The summed E-state index contributed by atoms with van der Waals surface area (Å²) in [7, 11) is 0. The first-order valence-electron chi connectivity index (χ1n) is 5.73. The fraction of sp³-hybridized carbons (Fsp3) is 0. The number of carbonyl (C=O) groups excluding carboxylic acids is 1. The van der Waals surface area contributed by atoms with Gasteiger partial charge in [0, 0.05) is 0 Å². The van der Waals surface area contributed by atoms with Crippen LogP contribution in [0.15, 0.2) is 36.4 Å². The van der Waals surface area contributed by atoms with Gasteiger partial charge in [-0.2, -0.15) is 0 Å². The zero-order chi connectivity index (χ0) is 14.1. The summed E-state index contributed by atoms with van der Waals surface area (Å²) in [6.07, 6.45) is 0. The monoisotopic (exact) mass is 352 g/mol. The molecule has 1 heterocycles. The molecular weight excluding hydrogens is 343 g/mol. The Kier molecular flexibility index (Phi) is 3.44. The van der Waals surface area contributed by atoms with Crippen LogP contribution in [0.2, 0.25) is 5.02 Å². The Hall–Kier alpha value is -1.88. The molecule has 20 heavy (non-hydrogen) atoms. The van der Waals surface area contributed by atoms with Crippen molar-refractivity contribution in [2.24, 2.45) is 0 Å². The SMILES string of the molecule is Nc1cc(C(=O)Nc2cccc3n[se]nc23)ccc1Cl. The molecule has 0 aliphatic rings. The Morgan fingerprint density at radius 2 is 2.10 bits per heavy atom. The number of fused-ring (bicyclic) bond motifs is 1. The van der Waals surface area contributed by atoms with Crippen LogP contribution in [0.1, 0.15) is 10.4 Å². The molecular formula is C13H9ClN4OSe. The number of amides is 1. The van der Waals surface area contributed by atoms with Crippen molar-refractivity contribution in [3.8, 4) is 0 Å². The van der Waals surface area contributed by atoms with E-state index in [2.05, 4.69) is 13.3 Å². The van der Waals surface area contributed by atoms with E-state index in [0.717, 1.165) is 11.0 Å². The second kappa shape index (κ2) is 5.25. The molecule has 100 valence electrons. The van der Waals surface area contributed by atoms with Crippen LogP contribution in [0.25, 0.3) is 11.0 Å². The molecule has 0 aliphatic heterocycles. The first-order chi connectivity index (χ1) is 9.65. The Morgan fingerprint density at radius 3 is 2.90 bits per heavy atom. The number of benzene rings is 2. The molecule has 0 fully saturated rings. The number of hydrogen-bond donors (Lipinski definition) is 2. The molecule has 3 aromatic rings. The van der Waals surface area contributed by atoms with Crippen molar-refractivity contribution in [1.29, 1.82) is 0 Å². The van der Waals surface area contributed by atoms with Gasteiger partial charge in [0.1, 0.15) is 0 Å². The molecule has 0 bridgehead atoms. The van der Waals surface area contributed by atoms with E-state index >= 15 is 0 Å². The van der Waals surface area contributed by atoms with E-state index < -0.39 is 0 Å². The quantitative estimate of drug-likeness (QED) is 0.548. The number of rotatable bonds is 2. The van der Waals surface area contributed by atoms with Gasteiger partial charge in [0.25, 0.3) is 0 Å². The van der Waals surface area contributed by atoms with Crippen LogP contribution in [-0.2, 0) is 0 Å². The number of halogens is 1. The van der Waals surface area contributed by atoms with Crippen molar-refractivity contribution in [3.05, 3.63) is 47.0 Å². The fourth-order valence-electron chi connectivity index (χ4n) is 1.79. The first kappa shape index (κ1) is 13.1. The van der Waals surface area contributed by atoms with Crippen LogP contribution >= 0.6 is 11.6 Å². The van der Waals surface area contributed by atoms with Crippen molar-refractivity contribution in [3.63, 3.8) is 0 Å². The molecule has 7 heteroatoms. The maximum absolute atomic E-state index is 12.2. The predicted octanol–water partition coefficient (Wildman–Crippen LogP) is 2.17. The average molecular weight is 352 g/mol.